The Labute approximate surface area is 240 Å². The van der Waals surface area contributed by atoms with Gasteiger partial charge in [-0.25, -0.2) is 0 Å². The summed E-state index contributed by atoms with van der Waals surface area (Å²) in [5.41, 5.74) is 0.685. The molecule has 2 bridgehead atoms. The number of rotatable bonds is 15. The SMILES string of the molecule is C=CCCCCOC(=O)[C@@H]1[C@H]2C(=O)N(CCCCCO)C(C(=O)N(CC=C)c3ccc(Cl)cc3)C23CC[C@H]1S3. The second-order valence-electron chi connectivity index (χ2n) is 10.5. The first-order valence-electron chi connectivity index (χ1n) is 13.9. The van der Waals surface area contributed by atoms with Crippen LogP contribution in [0.4, 0.5) is 5.69 Å². The van der Waals surface area contributed by atoms with Crippen molar-refractivity contribution in [3.05, 3.63) is 54.6 Å². The van der Waals surface area contributed by atoms with Crippen molar-refractivity contribution in [1.29, 1.82) is 0 Å². The summed E-state index contributed by atoms with van der Waals surface area (Å²) >= 11 is 7.75. The maximum atomic E-state index is 14.4. The van der Waals surface area contributed by atoms with Crippen LogP contribution in [-0.4, -0.2) is 70.1 Å². The van der Waals surface area contributed by atoms with Crippen molar-refractivity contribution in [3.8, 4) is 0 Å². The maximum Gasteiger partial charge on any atom is 0.310 e. The number of aliphatic hydroxyl groups is 1. The third-order valence-corrected chi connectivity index (χ3v) is 10.3. The van der Waals surface area contributed by atoms with Gasteiger partial charge in [0, 0.05) is 35.7 Å². The quantitative estimate of drug-likeness (QED) is 0.180. The first kappa shape index (κ1) is 29.7. The highest BCUT2D eigenvalue weighted by atomic mass is 35.5. The zero-order valence-corrected chi connectivity index (χ0v) is 24.0. The Morgan fingerprint density at radius 2 is 1.92 bits per heavy atom. The lowest BCUT2D eigenvalue weighted by atomic mass is 9.71. The predicted octanol–water partition coefficient (Wildman–Crippen LogP) is 5.01. The van der Waals surface area contributed by atoms with E-state index < -0.39 is 22.6 Å². The summed E-state index contributed by atoms with van der Waals surface area (Å²) in [5.74, 6) is -1.74. The van der Waals surface area contributed by atoms with Crippen LogP contribution in [0, 0.1) is 11.8 Å². The number of hydrogen-bond acceptors (Lipinski definition) is 6. The maximum absolute atomic E-state index is 14.4. The summed E-state index contributed by atoms with van der Waals surface area (Å²) in [6.45, 7) is 8.69. The fourth-order valence-corrected chi connectivity index (χ4v) is 8.72. The minimum atomic E-state index is -0.694. The van der Waals surface area contributed by atoms with Crippen molar-refractivity contribution >= 4 is 46.8 Å². The molecule has 2 amide bonds. The Bertz CT molecular complexity index is 1070. The largest absolute Gasteiger partial charge is 0.465 e. The molecule has 1 aromatic rings. The zero-order chi connectivity index (χ0) is 28.0. The number of amides is 2. The number of unbranched alkanes of at least 4 members (excludes halogenated alkanes) is 4. The number of aliphatic hydroxyl groups excluding tert-OH is 1. The number of carbonyl (C=O) groups is 3. The molecule has 3 aliphatic rings. The van der Waals surface area contributed by atoms with Crippen LogP contribution in [0.5, 0.6) is 0 Å². The van der Waals surface area contributed by atoms with E-state index in [0.717, 1.165) is 32.1 Å². The number of ether oxygens (including phenoxy) is 1. The van der Waals surface area contributed by atoms with Crippen LogP contribution in [0.25, 0.3) is 0 Å². The Kier molecular flexibility index (Phi) is 10.2. The second-order valence-corrected chi connectivity index (χ2v) is 12.6. The van der Waals surface area contributed by atoms with Gasteiger partial charge in [0.05, 0.1) is 23.2 Å². The molecule has 2 unspecified atom stereocenters. The van der Waals surface area contributed by atoms with E-state index in [9.17, 15) is 19.5 Å². The second kappa shape index (κ2) is 13.4. The molecule has 0 radical (unpaired) electrons. The molecule has 1 aromatic carbocycles. The standard InChI is InChI=1S/C30H39ClN2O5S/c1-3-5-6-10-20-38-29(37)24-23-15-16-30(39-23)25(24)27(35)33(18-8-7-9-19-34)26(30)28(36)32(17-4-2)22-13-11-21(31)12-14-22/h3-4,11-14,23-26,34H,1-2,5-10,15-20H2/t23-,24+,25+,26?,30?/m1/s1. The Balaban J connectivity index is 1.63. The van der Waals surface area contributed by atoms with Crippen LogP contribution in [0.3, 0.4) is 0 Å². The fraction of sp³-hybridized carbons (Fsp3) is 0.567. The fourth-order valence-electron chi connectivity index (χ4n) is 6.39. The smallest absolute Gasteiger partial charge is 0.310 e. The minimum Gasteiger partial charge on any atom is -0.465 e. The summed E-state index contributed by atoms with van der Waals surface area (Å²) in [6.07, 6.45) is 9.58. The van der Waals surface area contributed by atoms with Gasteiger partial charge in [0.1, 0.15) is 6.04 Å². The molecule has 0 aromatic heterocycles. The van der Waals surface area contributed by atoms with Gasteiger partial charge in [0.25, 0.3) is 5.91 Å². The number of esters is 1. The van der Waals surface area contributed by atoms with Gasteiger partial charge in [-0.2, -0.15) is 0 Å². The Hall–Kier alpha value is -2.29. The van der Waals surface area contributed by atoms with Gasteiger partial charge in [-0.3, -0.25) is 14.4 Å². The molecule has 3 saturated heterocycles. The van der Waals surface area contributed by atoms with E-state index in [2.05, 4.69) is 13.2 Å². The monoisotopic (exact) mass is 574 g/mol. The molecule has 212 valence electrons. The molecular formula is C30H39ClN2O5S. The number of hydrogen-bond donors (Lipinski definition) is 1. The number of carbonyl (C=O) groups excluding carboxylic acids is 3. The number of likely N-dealkylation sites (tertiary alicyclic amines) is 1. The molecule has 9 heteroatoms. The predicted molar refractivity (Wildman–Crippen MR) is 156 cm³/mol. The molecule has 7 nitrogen and oxygen atoms in total. The van der Waals surface area contributed by atoms with E-state index in [0.29, 0.717) is 43.1 Å². The number of halogens is 1. The number of anilines is 1. The molecule has 5 atom stereocenters. The average Bonchev–Trinajstić information content (AvgIpc) is 3.57. The molecule has 39 heavy (non-hydrogen) atoms. The topological polar surface area (TPSA) is 87.1 Å². The minimum absolute atomic E-state index is 0.0325. The summed E-state index contributed by atoms with van der Waals surface area (Å²) in [4.78, 5) is 45.2. The number of fused-ring (bicyclic) bond motifs is 1. The van der Waals surface area contributed by atoms with Gasteiger partial charge in [-0.05, 0) is 75.6 Å². The van der Waals surface area contributed by atoms with Gasteiger partial charge in [-0.1, -0.05) is 23.8 Å². The van der Waals surface area contributed by atoms with E-state index in [1.54, 1.807) is 51.9 Å². The third kappa shape index (κ3) is 5.93. The van der Waals surface area contributed by atoms with Crippen molar-refractivity contribution in [2.75, 3.05) is 31.2 Å². The molecular weight excluding hydrogens is 536 g/mol. The van der Waals surface area contributed by atoms with Gasteiger partial charge in [-0.15, -0.1) is 24.9 Å². The molecule has 1 N–H and O–H groups in total. The summed E-state index contributed by atoms with van der Waals surface area (Å²) < 4.78 is 5.01. The molecule has 4 rings (SSSR count). The zero-order valence-electron chi connectivity index (χ0n) is 22.4. The summed E-state index contributed by atoms with van der Waals surface area (Å²) in [5, 5.41) is 9.78. The highest BCUT2D eigenvalue weighted by molar-refractivity contribution is 8.02. The summed E-state index contributed by atoms with van der Waals surface area (Å²) in [7, 11) is 0. The van der Waals surface area contributed by atoms with Crippen LogP contribution >= 0.6 is 23.4 Å². The first-order chi connectivity index (χ1) is 18.9. The van der Waals surface area contributed by atoms with E-state index in [4.69, 9.17) is 16.3 Å². The van der Waals surface area contributed by atoms with Crippen molar-refractivity contribution < 1.29 is 24.2 Å². The number of benzene rings is 1. The lowest BCUT2D eigenvalue weighted by molar-refractivity contribution is -0.154. The molecule has 0 saturated carbocycles. The molecule has 3 fully saturated rings. The first-order valence-corrected chi connectivity index (χ1v) is 15.2. The third-order valence-electron chi connectivity index (χ3n) is 8.13. The van der Waals surface area contributed by atoms with Crippen molar-refractivity contribution in [3.63, 3.8) is 0 Å². The Morgan fingerprint density at radius 1 is 1.15 bits per heavy atom. The Morgan fingerprint density at radius 3 is 2.62 bits per heavy atom. The molecule has 1 spiro atoms. The van der Waals surface area contributed by atoms with Crippen molar-refractivity contribution in [1.82, 2.24) is 4.90 Å². The van der Waals surface area contributed by atoms with Crippen molar-refractivity contribution in [2.24, 2.45) is 11.8 Å². The van der Waals surface area contributed by atoms with Crippen molar-refractivity contribution in [2.45, 2.75) is 67.4 Å². The number of nitrogens with zero attached hydrogens (tertiary/aromatic N) is 2. The molecule has 0 aliphatic carbocycles. The van der Waals surface area contributed by atoms with Crippen LogP contribution in [-0.2, 0) is 19.1 Å². The normalized spacial score (nSPS) is 26.9. The van der Waals surface area contributed by atoms with Crippen LogP contribution in [0.2, 0.25) is 5.02 Å². The van der Waals surface area contributed by atoms with Gasteiger partial charge in [0.2, 0.25) is 5.91 Å². The lowest BCUT2D eigenvalue weighted by Gasteiger charge is -2.37. The molecule has 3 aliphatic heterocycles. The van der Waals surface area contributed by atoms with Gasteiger partial charge >= 0.3 is 5.97 Å². The van der Waals surface area contributed by atoms with Crippen LogP contribution < -0.4 is 4.90 Å². The lowest BCUT2D eigenvalue weighted by Crippen LogP contribution is -2.55. The summed E-state index contributed by atoms with van der Waals surface area (Å²) in [6, 6.07) is 6.38. The van der Waals surface area contributed by atoms with E-state index in [1.807, 2.05) is 6.08 Å². The number of thioether (sulfide) groups is 1. The molecule has 3 heterocycles. The highest BCUT2D eigenvalue weighted by Crippen LogP contribution is 2.66. The van der Waals surface area contributed by atoms with E-state index >= 15 is 0 Å². The van der Waals surface area contributed by atoms with Crippen LogP contribution in [0.15, 0.2) is 49.6 Å². The average molecular weight is 575 g/mol. The number of allylic oxidation sites excluding steroid dienone is 1. The van der Waals surface area contributed by atoms with Crippen LogP contribution in [0.1, 0.15) is 51.4 Å². The van der Waals surface area contributed by atoms with E-state index in [1.165, 1.54) is 0 Å². The van der Waals surface area contributed by atoms with Gasteiger partial charge < -0.3 is 19.6 Å². The highest BCUT2D eigenvalue weighted by Gasteiger charge is 2.74. The van der Waals surface area contributed by atoms with Gasteiger partial charge in [0.15, 0.2) is 0 Å². The van der Waals surface area contributed by atoms with E-state index in [-0.39, 0.29) is 36.2 Å².